The van der Waals surface area contributed by atoms with Crippen LogP contribution in [0, 0.1) is 11.3 Å². The van der Waals surface area contributed by atoms with Gasteiger partial charge in [0.15, 0.2) is 0 Å². The topological polar surface area (TPSA) is 29.3 Å². The first kappa shape index (κ1) is 15.0. The van der Waals surface area contributed by atoms with E-state index in [-0.39, 0.29) is 0 Å². The Morgan fingerprint density at radius 1 is 1.24 bits per heavy atom. The first-order valence-electron chi connectivity index (χ1n) is 7.39. The molecule has 0 saturated carbocycles. The maximum absolute atomic E-state index is 5.60. The lowest BCUT2D eigenvalue weighted by atomic mass is 9.77. The molecular formula is C15H32N2. The number of hydrogen-bond donors (Lipinski definition) is 1. The Hall–Kier alpha value is -0.0800. The van der Waals surface area contributed by atoms with E-state index >= 15 is 0 Å². The molecule has 0 aliphatic carbocycles. The predicted octanol–water partition coefficient (Wildman–Crippen LogP) is 3.26. The van der Waals surface area contributed by atoms with E-state index in [1.54, 1.807) is 0 Å². The second-order valence-electron chi connectivity index (χ2n) is 6.81. The SMILES string of the molecule is CC(CCCN)N1CCCC(C(C)(C)C)CC1. The highest BCUT2D eigenvalue weighted by Crippen LogP contribution is 2.34. The van der Waals surface area contributed by atoms with Gasteiger partial charge in [0.1, 0.15) is 0 Å². The molecule has 17 heavy (non-hydrogen) atoms. The van der Waals surface area contributed by atoms with Gasteiger partial charge in [-0.25, -0.2) is 0 Å². The number of hydrogen-bond acceptors (Lipinski definition) is 2. The van der Waals surface area contributed by atoms with E-state index < -0.39 is 0 Å². The van der Waals surface area contributed by atoms with Crippen molar-refractivity contribution in [2.45, 2.75) is 65.8 Å². The van der Waals surface area contributed by atoms with Gasteiger partial charge < -0.3 is 10.6 Å². The second kappa shape index (κ2) is 6.75. The van der Waals surface area contributed by atoms with Gasteiger partial charge in [-0.15, -0.1) is 0 Å². The molecule has 0 spiro atoms. The fraction of sp³-hybridized carbons (Fsp3) is 1.00. The van der Waals surface area contributed by atoms with Crippen molar-refractivity contribution in [3.05, 3.63) is 0 Å². The van der Waals surface area contributed by atoms with E-state index in [1.165, 1.54) is 45.2 Å². The molecule has 2 heteroatoms. The van der Waals surface area contributed by atoms with Gasteiger partial charge >= 0.3 is 0 Å². The number of nitrogens with zero attached hydrogens (tertiary/aromatic N) is 1. The van der Waals surface area contributed by atoms with Crippen LogP contribution in [-0.4, -0.2) is 30.6 Å². The minimum Gasteiger partial charge on any atom is -0.330 e. The Morgan fingerprint density at radius 3 is 2.53 bits per heavy atom. The molecule has 1 rings (SSSR count). The maximum atomic E-state index is 5.60. The van der Waals surface area contributed by atoms with Crippen LogP contribution < -0.4 is 5.73 Å². The highest BCUT2D eigenvalue weighted by Gasteiger charge is 2.28. The summed E-state index contributed by atoms with van der Waals surface area (Å²) in [5, 5.41) is 0. The van der Waals surface area contributed by atoms with Gasteiger partial charge in [0.2, 0.25) is 0 Å². The Kier molecular flexibility index (Phi) is 5.94. The van der Waals surface area contributed by atoms with Crippen molar-refractivity contribution in [2.24, 2.45) is 17.1 Å². The molecule has 1 heterocycles. The van der Waals surface area contributed by atoms with Crippen molar-refractivity contribution < 1.29 is 0 Å². The smallest absolute Gasteiger partial charge is 0.00674 e. The van der Waals surface area contributed by atoms with Crippen LogP contribution >= 0.6 is 0 Å². The van der Waals surface area contributed by atoms with E-state index in [0.29, 0.717) is 5.41 Å². The molecule has 0 bridgehead atoms. The van der Waals surface area contributed by atoms with E-state index in [4.69, 9.17) is 5.73 Å². The van der Waals surface area contributed by atoms with Crippen molar-refractivity contribution in [2.75, 3.05) is 19.6 Å². The van der Waals surface area contributed by atoms with Gasteiger partial charge in [0.05, 0.1) is 0 Å². The molecule has 2 nitrogen and oxygen atoms in total. The summed E-state index contributed by atoms with van der Waals surface area (Å²) in [6.45, 7) is 13.0. The fourth-order valence-corrected chi connectivity index (χ4v) is 3.02. The summed E-state index contributed by atoms with van der Waals surface area (Å²) in [7, 11) is 0. The third-order valence-electron chi connectivity index (χ3n) is 4.44. The Labute approximate surface area is 108 Å². The van der Waals surface area contributed by atoms with Gasteiger partial charge in [-0.2, -0.15) is 0 Å². The van der Waals surface area contributed by atoms with Crippen LogP contribution in [0.4, 0.5) is 0 Å². The Balaban J connectivity index is 2.42. The normalized spacial score (nSPS) is 25.6. The van der Waals surface area contributed by atoms with Crippen molar-refractivity contribution in [1.29, 1.82) is 0 Å². The average Bonchev–Trinajstić information content (AvgIpc) is 2.50. The van der Waals surface area contributed by atoms with Gasteiger partial charge in [-0.1, -0.05) is 20.8 Å². The molecule has 2 N–H and O–H groups in total. The summed E-state index contributed by atoms with van der Waals surface area (Å²) in [5.41, 5.74) is 6.08. The van der Waals surface area contributed by atoms with E-state index in [9.17, 15) is 0 Å². The minimum atomic E-state index is 0.483. The molecule has 1 aliphatic rings. The second-order valence-corrected chi connectivity index (χ2v) is 6.81. The van der Waals surface area contributed by atoms with Crippen molar-refractivity contribution in [3.8, 4) is 0 Å². The zero-order chi connectivity index (χ0) is 12.9. The van der Waals surface area contributed by atoms with Gasteiger partial charge in [-0.3, -0.25) is 0 Å². The van der Waals surface area contributed by atoms with Crippen molar-refractivity contribution >= 4 is 0 Å². The monoisotopic (exact) mass is 240 g/mol. The number of likely N-dealkylation sites (tertiary alicyclic amines) is 1. The zero-order valence-corrected chi connectivity index (χ0v) is 12.3. The van der Waals surface area contributed by atoms with E-state index in [1.807, 2.05) is 0 Å². The van der Waals surface area contributed by atoms with Crippen LogP contribution in [0.1, 0.15) is 59.8 Å². The largest absolute Gasteiger partial charge is 0.330 e. The minimum absolute atomic E-state index is 0.483. The van der Waals surface area contributed by atoms with Gasteiger partial charge in [0.25, 0.3) is 0 Å². The summed E-state index contributed by atoms with van der Waals surface area (Å²) in [4.78, 5) is 2.68. The molecule has 0 radical (unpaired) electrons. The van der Waals surface area contributed by atoms with Gasteiger partial charge in [-0.05, 0) is 70.0 Å². The summed E-state index contributed by atoms with van der Waals surface area (Å²) >= 11 is 0. The molecule has 0 aromatic carbocycles. The molecule has 1 saturated heterocycles. The standard InChI is InChI=1S/C15H32N2/c1-13(7-5-10-16)17-11-6-8-14(9-12-17)15(2,3)4/h13-14H,5-12,16H2,1-4H3. The van der Waals surface area contributed by atoms with Crippen LogP contribution in [0.2, 0.25) is 0 Å². The summed E-state index contributed by atoms with van der Waals surface area (Å²) in [5.74, 6) is 0.897. The molecule has 0 aromatic rings. The van der Waals surface area contributed by atoms with Crippen molar-refractivity contribution in [3.63, 3.8) is 0 Å². The van der Waals surface area contributed by atoms with Crippen LogP contribution in [-0.2, 0) is 0 Å². The zero-order valence-electron chi connectivity index (χ0n) is 12.3. The highest BCUT2D eigenvalue weighted by atomic mass is 15.1. The third kappa shape index (κ3) is 4.97. The van der Waals surface area contributed by atoms with Crippen LogP contribution in [0.25, 0.3) is 0 Å². The number of rotatable bonds is 4. The molecule has 102 valence electrons. The Bertz CT molecular complexity index is 207. The lowest BCUT2D eigenvalue weighted by Gasteiger charge is -2.31. The molecule has 0 aromatic heterocycles. The van der Waals surface area contributed by atoms with E-state index in [0.717, 1.165) is 18.5 Å². The fourth-order valence-electron chi connectivity index (χ4n) is 3.02. The number of nitrogens with two attached hydrogens (primary N) is 1. The maximum Gasteiger partial charge on any atom is 0.00674 e. The van der Waals surface area contributed by atoms with Crippen LogP contribution in [0.15, 0.2) is 0 Å². The summed E-state index contributed by atoms with van der Waals surface area (Å²) in [6.07, 6.45) is 6.58. The highest BCUT2D eigenvalue weighted by molar-refractivity contribution is 4.80. The summed E-state index contributed by atoms with van der Waals surface area (Å²) < 4.78 is 0. The van der Waals surface area contributed by atoms with Crippen LogP contribution in [0.3, 0.4) is 0 Å². The molecule has 2 unspecified atom stereocenters. The quantitative estimate of drug-likeness (QED) is 0.817. The van der Waals surface area contributed by atoms with E-state index in [2.05, 4.69) is 32.6 Å². The molecular weight excluding hydrogens is 208 g/mol. The van der Waals surface area contributed by atoms with Crippen molar-refractivity contribution in [1.82, 2.24) is 4.90 Å². The third-order valence-corrected chi connectivity index (χ3v) is 4.44. The lowest BCUT2D eigenvalue weighted by Crippen LogP contribution is -2.34. The Morgan fingerprint density at radius 2 is 1.94 bits per heavy atom. The average molecular weight is 240 g/mol. The molecule has 1 fully saturated rings. The summed E-state index contributed by atoms with van der Waals surface area (Å²) in [6, 6.07) is 0.720. The predicted molar refractivity (Wildman–Crippen MR) is 76.1 cm³/mol. The first-order valence-corrected chi connectivity index (χ1v) is 7.39. The van der Waals surface area contributed by atoms with Crippen LogP contribution in [0.5, 0.6) is 0 Å². The molecule has 2 atom stereocenters. The molecule has 0 amide bonds. The molecule has 1 aliphatic heterocycles. The lowest BCUT2D eigenvalue weighted by molar-refractivity contribution is 0.183. The van der Waals surface area contributed by atoms with Gasteiger partial charge in [0, 0.05) is 6.04 Å². The first-order chi connectivity index (χ1) is 7.95.